The van der Waals surface area contributed by atoms with Gasteiger partial charge >= 0.3 is 0 Å². The lowest BCUT2D eigenvalue weighted by Crippen LogP contribution is -1.81. The maximum Gasteiger partial charge on any atom is 0.160 e. The summed E-state index contributed by atoms with van der Waals surface area (Å²) in [5.74, 6) is 0. The van der Waals surface area contributed by atoms with E-state index in [1.807, 2.05) is 36.4 Å². The topological polar surface area (TPSA) is 142 Å². The molecule has 0 aliphatic carbocycles. The van der Waals surface area contributed by atoms with Crippen LogP contribution in [-0.4, -0.2) is 51.0 Å². The van der Waals surface area contributed by atoms with Gasteiger partial charge in [-0.3, -0.25) is 0 Å². The minimum atomic E-state index is 0.962. The van der Waals surface area contributed by atoms with Crippen molar-refractivity contribution in [3.63, 3.8) is 0 Å². The third kappa shape index (κ3) is 7.27. The van der Waals surface area contributed by atoms with E-state index >= 15 is 0 Å². The van der Waals surface area contributed by atoms with E-state index in [1.54, 1.807) is 24.7 Å². The first-order valence-electron chi connectivity index (χ1n) is 8.89. The van der Waals surface area contributed by atoms with Crippen molar-refractivity contribution >= 4 is 21.9 Å². The maximum absolute atomic E-state index is 5.65. The molecule has 11 heteroatoms. The lowest BCUT2D eigenvalue weighted by atomic mass is 10.2. The minimum absolute atomic E-state index is 0.962. The molecule has 0 saturated carbocycles. The first-order chi connectivity index (χ1) is 15.4. The second kappa shape index (κ2) is 12.6. The van der Waals surface area contributed by atoms with E-state index in [4.69, 9.17) is 4.42 Å². The number of rotatable bonds is 0. The molecule has 0 amide bonds. The molecular formula is C20H16N10O. The van der Waals surface area contributed by atoms with Crippen LogP contribution in [0, 0.1) is 0 Å². The second-order valence-electron chi connectivity index (χ2n) is 5.39. The lowest BCUT2D eigenvalue weighted by Gasteiger charge is -1.85. The molecule has 4 aromatic heterocycles. The molecule has 4 heterocycles. The average Bonchev–Trinajstić information content (AvgIpc) is 3.27. The molecule has 152 valence electrons. The largest absolute Gasteiger partial charge is 0.456 e. The van der Waals surface area contributed by atoms with Crippen molar-refractivity contribution in [3.8, 4) is 0 Å². The Morgan fingerprint density at radius 1 is 0.452 bits per heavy atom. The zero-order valence-corrected chi connectivity index (χ0v) is 16.1. The van der Waals surface area contributed by atoms with Crippen LogP contribution in [-0.2, 0) is 0 Å². The fourth-order valence-electron chi connectivity index (χ4n) is 2.25. The molecular weight excluding hydrogens is 396 g/mol. The summed E-state index contributed by atoms with van der Waals surface area (Å²) in [6, 6.07) is 17.9. The number of furan rings is 1. The molecule has 0 radical (unpaired) electrons. The van der Waals surface area contributed by atoms with E-state index in [0.29, 0.717) is 0 Å². The fraction of sp³-hybridized carbons (Fsp3) is 0. The normalized spacial score (nSPS) is 9.29. The van der Waals surface area contributed by atoms with Gasteiger partial charge in [0.25, 0.3) is 0 Å². The molecule has 0 aliphatic heterocycles. The summed E-state index contributed by atoms with van der Waals surface area (Å²) < 4.78 is 5.65. The fourth-order valence-corrected chi connectivity index (χ4v) is 2.25. The van der Waals surface area contributed by atoms with Crippen molar-refractivity contribution < 1.29 is 4.42 Å². The summed E-state index contributed by atoms with van der Waals surface area (Å²) in [6.45, 7) is 0. The van der Waals surface area contributed by atoms with Crippen LogP contribution in [0.3, 0.4) is 0 Å². The molecule has 31 heavy (non-hydrogen) atoms. The molecule has 0 atom stereocenters. The first kappa shape index (κ1) is 20.9. The summed E-state index contributed by atoms with van der Waals surface area (Å²) >= 11 is 0. The number of benzene rings is 2. The molecule has 0 spiro atoms. The number of hydrogen-bond donors (Lipinski definition) is 0. The maximum atomic E-state index is 5.65. The number of aromatic nitrogens is 10. The molecule has 6 aromatic rings. The number of para-hydroxylation sites is 2. The predicted octanol–water partition coefficient (Wildman–Crippen LogP) is 2.60. The van der Waals surface area contributed by atoms with Gasteiger partial charge in [0.1, 0.15) is 17.5 Å². The summed E-state index contributed by atoms with van der Waals surface area (Å²) in [7, 11) is 0. The molecule has 2 aromatic carbocycles. The number of fused-ring (bicyclic) bond motifs is 3. The molecule has 0 unspecified atom stereocenters. The SMILES string of the molecule is c1ccc2c(c1)oc1ccccc12.c1cnncn1.c1cnnnc1.c1nncnn1. The van der Waals surface area contributed by atoms with E-state index in [-0.39, 0.29) is 0 Å². The van der Waals surface area contributed by atoms with Crippen LogP contribution in [0.2, 0.25) is 0 Å². The highest BCUT2D eigenvalue weighted by Crippen LogP contribution is 2.27. The highest BCUT2D eigenvalue weighted by molar-refractivity contribution is 6.04. The Morgan fingerprint density at radius 2 is 1.00 bits per heavy atom. The van der Waals surface area contributed by atoms with Gasteiger partial charge in [-0.2, -0.15) is 5.10 Å². The predicted molar refractivity (Wildman–Crippen MR) is 111 cm³/mol. The van der Waals surface area contributed by atoms with E-state index in [9.17, 15) is 0 Å². The van der Waals surface area contributed by atoms with Crippen LogP contribution in [0.1, 0.15) is 0 Å². The van der Waals surface area contributed by atoms with Crippen molar-refractivity contribution in [2.75, 3.05) is 0 Å². The highest BCUT2D eigenvalue weighted by Gasteiger charge is 2.03. The molecule has 6 rings (SSSR count). The van der Waals surface area contributed by atoms with E-state index in [2.05, 4.69) is 63.1 Å². The monoisotopic (exact) mass is 412 g/mol. The zero-order valence-electron chi connectivity index (χ0n) is 16.1. The zero-order chi connectivity index (χ0) is 21.4. The third-order valence-electron chi connectivity index (χ3n) is 3.44. The quantitative estimate of drug-likeness (QED) is 0.363. The van der Waals surface area contributed by atoms with Crippen molar-refractivity contribution in [3.05, 3.63) is 98.4 Å². The van der Waals surface area contributed by atoms with Crippen LogP contribution < -0.4 is 0 Å². The lowest BCUT2D eigenvalue weighted by molar-refractivity contribution is 0.669. The first-order valence-corrected chi connectivity index (χ1v) is 8.89. The smallest absolute Gasteiger partial charge is 0.160 e. The van der Waals surface area contributed by atoms with Gasteiger partial charge in [-0.15, -0.1) is 35.7 Å². The van der Waals surface area contributed by atoms with E-state index in [0.717, 1.165) is 11.2 Å². The Kier molecular flexibility index (Phi) is 8.52. The van der Waals surface area contributed by atoms with Crippen molar-refractivity contribution in [1.29, 1.82) is 0 Å². The van der Waals surface area contributed by atoms with Crippen LogP contribution >= 0.6 is 0 Å². The van der Waals surface area contributed by atoms with Crippen molar-refractivity contribution in [2.24, 2.45) is 0 Å². The van der Waals surface area contributed by atoms with Gasteiger partial charge in [-0.1, -0.05) is 36.4 Å². The van der Waals surface area contributed by atoms with Gasteiger partial charge in [0, 0.05) is 17.0 Å². The highest BCUT2D eigenvalue weighted by atomic mass is 16.3. The summed E-state index contributed by atoms with van der Waals surface area (Å²) in [6.07, 6.45) is 10.2. The molecule has 0 N–H and O–H groups in total. The third-order valence-corrected chi connectivity index (χ3v) is 3.44. The molecule has 0 bridgehead atoms. The molecule has 11 nitrogen and oxygen atoms in total. The van der Waals surface area contributed by atoms with Crippen LogP contribution in [0.5, 0.6) is 0 Å². The van der Waals surface area contributed by atoms with Crippen LogP contribution in [0.15, 0.2) is 103 Å². The number of hydrogen-bond acceptors (Lipinski definition) is 11. The van der Waals surface area contributed by atoms with Crippen molar-refractivity contribution in [2.45, 2.75) is 0 Å². The summed E-state index contributed by atoms with van der Waals surface area (Å²) in [5, 5.41) is 32.9. The van der Waals surface area contributed by atoms with Gasteiger partial charge in [0.05, 0.1) is 18.6 Å². The second-order valence-corrected chi connectivity index (χ2v) is 5.39. The molecule has 0 saturated heterocycles. The Hall–Kier alpha value is -4.80. The Bertz CT molecular complexity index is 1030. The van der Waals surface area contributed by atoms with Crippen molar-refractivity contribution in [1.82, 2.24) is 51.0 Å². The van der Waals surface area contributed by atoms with E-state index < -0.39 is 0 Å². The Labute approximate surface area is 176 Å². The van der Waals surface area contributed by atoms with Gasteiger partial charge in [-0.05, 0) is 23.4 Å². The molecule has 0 aliphatic rings. The van der Waals surface area contributed by atoms with Crippen LogP contribution in [0.25, 0.3) is 21.9 Å². The molecule has 0 fully saturated rings. The van der Waals surface area contributed by atoms with Gasteiger partial charge in [0.2, 0.25) is 0 Å². The van der Waals surface area contributed by atoms with E-state index in [1.165, 1.54) is 36.0 Å². The summed E-state index contributed by atoms with van der Waals surface area (Å²) in [4.78, 5) is 3.61. The number of nitrogens with zero attached hydrogens (tertiary/aromatic N) is 10. The average molecular weight is 412 g/mol. The minimum Gasteiger partial charge on any atom is -0.456 e. The van der Waals surface area contributed by atoms with Gasteiger partial charge < -0.3 is 4.42 Å². The Balaban J connectivity index is 0.000000128. The van der Waals surface area contributed by atoms with Crippen LogP contribution in [0.4, 0.5) is 0 Å². The van der Waals surface area contributed by atoms with Gasteiger partial charge in [-0.25, -0.2) is 4.98 Å². The van der Waals surface area contributed by atoms with Gasteiger partial charge in [0.15, 0.2) is 12.7 Å². The Morgan fingerprint density at radius 3 is 1.32 bits per heavy atom. The standard InChI is InChI=1S/C12H8O.2C3H3N3.C2H2N4/c1-3-7-11-9(5-1)10-6-2-4-8-12(10)13-11;1-2-5-6-3-4-1;1-2-4-6-5-3-1;1-3-5-2-6-4-1/h1-8H;2*1-3H;1-2H. The summed E-state index contributed by atoms with van der Waals surface area (Å²) in [5.41, 5.74) is 1.92.